The normalized spacial score (nSPS) is 11.2. The summed E-state index contributed by atoms with van der Waals surface area (Å²) in [5.74, 6) is -0.283. The molecule has 0 saturated carbocycles. The summed E-state index contributed by atoms with van der Waals surface area (Å²) in [7, 11) is -3.90. The molecule has 0 saturated heterocycles. The second-order valence-electron chi connectivity index (χ2n) is 5.57. The van der Waals surface area contributed by atoms with Crippen LogP contribution in [0.4, 0.5) is 10.8 Å². The lowest BCUT2D eigenvalue weighted by atomic mass is 10.2. The molecule has 0 fully saturated rings. The molecule has 2 N–H and O–H groups in total. The minimum atomic E-state index is -3.90. The highest BCUT2D eigenvalue weighted by atomic mass is 35.5. The molecule has 1 aromatic heterocycles. The Labute approximate surface area is 175 Å². The number of anilines is 2. The van der Waals surface area contributed by atoms with E-state index >= 15 is 0 Å². The molecule has 28 heavy (non-hydrogen) atoms. The highest BCUT2D eigenvalue weighted by Gasteiger charge is 2.19. The fourth-order valence-corrected chi connectivity index (χ4v) is 4.95. The van der Waals surface area contributed by atoms with Gasteiger partial charge in [0.05, 0.1) is 10.6 Å². The van der Waals surface area contributed by atoms with Gasteiger partial charge in [0.1, 0.15) is 5.01 Å². The van der Waals surface area contributed by atoms with Crippen LogP contribution in [-0.4, -0.2) is 30.8 Å². The van der Waals surface area contributed by atoms with E-state index in [2.05, 4.69) is 20.2 Å². The minimum Gasteiger partial charge on any atom is -0.325 e. The van der Waals surface area contributed by atoms with Crippen LogP contribution in [0.2, 0.25) is 5.02 Å². The summed E-state index contributed by atoms with van der Waals surface area (Å²) in [6.45, 7) is 1.36. The predicted octanol–water partition coefficient (Wildman–Crippen LogP) is 4.34. The van der Waals surface area contributed by atoms with Crippen LogP contribution in [-0.2, 0) is 14.8 Å². The molecule has 0 aliphatic rings. The molecule has 0 unspecified atom stereocenters. The van der Waals surface area contributed by atoms with Crippen molar-refractivity contribution in [2.45, 2.75) is 16.7 Å². The van der Waals surface area contributed by atoms with Gasteiger partial charge in [-0.15, -0.1) is 22.0 Å². The van der Waals surface area contributed by atoms with Crippen LogP contribution in [0.25, 0.3) is 10.6 Å². The van der Waals surface area contributed by atoms with E-state index in [4.69, 9.17) is 11.6 Å². The molecule has 2 aromatic carbocycles. The molecule has 0 atom stereocenters. The first kappa shape index (κ1) is 20.6. The van der Waals surface area contributed by atoms with E-state index in [-0.39, 0.29) is 15.9 Å². The van der Waals surface area contributed by atoms with Crippen molar-refractivity contribution in [2.24, 2.45) is 0 Å². The third kappa shape index (κ3) is 4.82. The maximum Gasteiger partial charge on any atom is 0.263 e. The SMILES string of the molecule is CSc1ccc(S(=O)(=O)Nc2nnc(-c3ccc(Cl)cc3)s2)cc1NC(C)=O. The van der Waals surface area contributed by atoms with Crippen molar-refractivity contribution in [1.29, 1.82) is 0 Å². The fraction of sp³-hybridized carbons (Fsp3) is 0.118. The van der Waals surface area contributed by atoms with E-state index in [0.717, 1.165) is 21.8 Å². The summed E-state index contributed by atoms with van der Waals surface area (Å²) in [5, 5.41) is 11.9. The first-order chi connectivity index (χ1) is 13.3. The molecule has 0 spiro atoms. The van der Waals surface area contributed by atoms with Gasteiger partial charge >= 0.3 is 0 Å². The average Bonchev–Trinajstić information content (AvgIpc) is 3.09. The number of thioether (sulfide) groups is 1. The number of aromatic nitrogens is 2. The van der Waals surface area contributed by atoms with E-state index in [1.54, 1.807) is 30.3 Å². The van der Waals surface area contributed by atoms with Crippen molar-refractivity contribution in [2.75, 3.05) is 16.3 Å². The molecule has 1 heterocycles. The molecule has 1 amide bonds. The van der Waals surface area contributed by atoms with E-state index in [1.165, 1.54) is 30.8 Å². The lowest BCUT2D eigenvalue weighted by Gasteiger charge is -2.11. The Morgan fingerprint density at radius 2 is 1.86 bits per heavy atom. The zero-order valence-corrected chi connectivity index (χ0v) is 18.0. The Morgan fingerprint density at radius 3 is 2.50 bits per heavy atom. The van der Waals surface area contributed by atoms with Crippen LogP contribution in [0.5, 0.6) is 0 Å². The van der Waals surface area contributed by atoms with Crippen molar-refractivity contribution in [3.05, 3.63) is 47.5 Å². The summed E-state index contributed by atoms with van der Waals surface area (Å²) in [5.41, 5.74) is 1.21. The number of carbonyl (C=O) groups excluding carboxylic acids is 1. The van der Waals surface area contributed by atoms with Crippen molar-refractivity contribution >= 4 is 61.4 Å². The van der Waals surface area contributed by atoms with Gasteiger partial charge < -0.3 is 5.32 Å². The number of hydrogen-bond acceptors (Lipinski definition) is 7. The lowest BCUT2D eigenvalue weighted by Crippen LogP contribution is -2.14. The van der Waals surface area contributed by atoms with Gasteiger partial charge in [-0.2, -0.15) is 0 Å². The zero-order valence-electron chi connectivity index (χ0n) is 14.8. The van der Waals surface area contributed by atoms with Gasteiger partial charge in [-0.1, -0.05) is 35.1 Å². The van der Waals surface area contributed by atoms with E-state index in [9.17, 15) is 13.2 Å². The first-order valence-corrected chi connectivity index (χ1v) is 11.8. The maximum absolute atomic E-state index is 12.7. The number of sulfonamides is 1. The molecule has 7 nitrogen and oxygen atoms in total. The molecule has 3 rings (SSSR count). The highest BCUT2D eigenvalue weighted by Crippen LogP contribution is 2.31. The number of amides is 1. The summed E-state index contributed by atoms with van der Waals surface area (Å²) in [6.07, 6.45) is 1.84. The summed E-state index contributed by atoms with van der Waals surface area (Å²) in [6, 6.07) is 11.5. The Morgan fingerprint density at radius 1 is 1.14 bits per heavy atom. The molecular weight excluding hydrogens is 440 g/mol. The van der Waals surface area contributed by atoms with Gasteiger partial charge in [-0.3, -0.25) is 9.52 Å². The van der Waals surface area contributed by atoms with Crippen molar-refractivity contribution in [3.8, 4) is 10.6 Å². The van der Waals surface area contributed by atoms with Gasteiger partial charge in [-0.25, -0.2) is 8.42 Å². The Hall–Kier alpha value is -2.14. The largest absolute Gasteiger partial charge is 0.325 e. The standard InChI is InChI=1S/C17H15ClN4O3S3/c1-10(23)19-14-9-13(7-8-15(14)26-2)28(24,25)22-17-21-20-16(27-17)11-3-5-12(18)6-4-11/h3-9H,1-2H3,(H,19,23)(H,21,22). The summed E-state index contributed by atoms with van der Waals surface area (Å²) < 4.78 is 27.9. The van der Waals surface area contributed by atoms with Crippen LogP contribution in [0.15, 0.2) is 52.3 Å². The second kappa shape index (κ2) is 8.48. The molecule has 3 aromatic rings. The Bertz CT molecular complexity index is 1110. The smallest absolute Gasteiger partial charge is 0.263 e. The van der Waals surface area contributed by atoms with E-state index in [1.807, 2.05) is 6.26 Å². The van der Waals surface area contributed by atoms with Crippen LogP contribution in [0.1, 0.15) is 6.92 Å². The number of benzene rings is 2. The first-order valence-electron chi connectivity index (χ1n) is 7.86. The number of carbonyl (C=O) groups is 1. The average molecular weight is 455 g/mol. The lowest BCUT2D eigenvalue weighted by molar-refractivity contribution is -0.114. The van der Waals surface area contributed by atoms with Crippen molar-refractivity contribution < 1.29 is 13.2 Å². The van der Waals surface area contributed by atoms with Crippen molar-refractivity contribution in [1.82, 2.24) is 10.2 Å². The number of rotatable bonds is 6. The van der Waals surface area contributed by atoms with Gasteiger partial charge in [0.15, 0.2) is 0 Å². The molecule has 0 aliphatic carbocycles. The van der Waals surface area contributed by atoms with Crippen LogP contribution in [0.3, 0.4) is 0 Å². The van der Waals surface area contributed by atoms with E-state index < -0.39 is 10.0 Å². The van der Waals surface area contributed by atoms with Gasteiger partial charge in [0.2, 0.25) is 11.0 Å². The molecule has 0 bridgehead atoms. The highest BCUT2D eigenvalue weighted by molar-refractivity contribution is 7.98. The van der Waals surface area contributed by atoms with Crippen LogP contribution < -0.4 is 10.0 Å². The fourth-order valence-electron chi connectivity index (χ4n) is 2.29. The molecule has 146 valence electrons. The van der Waals surface area contributed by atoms with Crippen LogP contribution >= 0.6 is 34.7 Å². The van der Waals surface area contributed by atoms with Gasteiger partial charge in [0.25, 0.3) is 10.0 Å². The number of hydrogen-bond donors (Lipinski definition) is 2. The van der Waals surface area contributed by atoms with E-state index in [0.29, 0.717) is 15.7 Å². The Kier molecular flexibility index (Phi) is 6.23. The monoisotopic (exact) mass is 454 g/mol. The molecule has 11 heteroatoms. The number of nitrogens with zero attached hydrogens (tertiary/aromatic N) is 2. The Balaban J connectivity index is 1.86. The van der Waals surface area contributed by atoms with Crippen molar-refractivity contribution in [3.63, 3.8) is 0 Å². The third-order valence-electron chi connectivity index (χ3n) is 3.53. The summed E-state index contributed by atoms with van der Waals surface area (Å²) >= 11 is 8.38. The predicted molar refractivity (Wildman–Crippen MR) is 114 cm³/mol. The maximum atomic E-state index is 12.7. The number of nitrogens with one attached hydrogen (secondary N) is 2. The number of halogens is 1. The zero-order chi connectivity index (χ0) is 20.3. The molecular formula is C17H15ClN4O3S3. The second-order valence-corrected chi connectivity index (χ2v) is 9.51. The molecule has 0 radical (unpaired) electrons. The van der Waals surface area contributed by atoms with Crippen LogP contribution in [0, 0.1) is 0 Å². The quantitative estimate of drug-likeness (QED) is 0.537. The van der Waals surface area contributed by atoms with Gasteiger partial charge in [-0.05, 0) is 36.6 Å². The summed E-state index contributed by atoms with van der Waals surface area (Å²) in [4.78, 5) is 12.2. The third-order valence-corrected chi connectivity index (χ3v) is 6.93. The minimum absolute atomic E-state index is 0.0114. The molecule has 0 aliphatic heterocycles. The topological polar surface area (TPSA) is 101 Å². The van der Waals surface area contributed by atoms with Gasteiger partial charge in [0, 0.05) is 22.4 Å².